The van der Waals surface area contributed by atoms with Crippen molar-refractivity contribution in [1.29, 1.82) is 0 Å². The van der Waals surface area contributed by atoms with Crippen molar-refractivity contribution in [2.75, 3.05) is 26.4 Å². The molecule has 0 radical (unpaired) electrons. The lowest BCUT2D eigenvalue weighted by molar-refractivity contribution is -0.161. The van der Waals surface area contributed by atoms with Crippen molar-refractivity contribution in [2.24, 2.45) is 0 Å². The fourth-order valence-corrected chi connectivity index (χ4v) is 10.2. The Hall–Kier alpha value is -2.04. The average molecular weight is 1100 g/mol. The van der Waals surface area contributed by atoms with Gasteiger partial charge in [-0.3, -0.25) is 23.4 Å². The molecule has 0 saturated carbocycles. The number of phosphoric acid groups is 1. The maximum atomic E-state index is 12.9. The highest BCUT2D eigenvalue weighted by molar-refractivity contribution is 7.47. The molecule has 0 aromatic carbocycles. The van der Waals surface area contributed by atoms with Gasteiger partial charge in [0.05, 0.1) is 19.8 Å². The molecule has 0 aliphatic heterocycles. The van der Waals surface area contributed by atoms with Crippen molar-refractivity contribution in [2.45, 2.75) is 341 Å². The van der Waals surface area contributed by atoms with Crippen LogP contribution in [0.15, 0.2) is 24.3 Å². The maximum absolute atomic E-state index is 12.9. The van der Waals surface area contributed by atoms with Gasteiger partial charge in [-0.1, -0.05) is 263 Å². The molecule has 0 aliphatic carbocycles. The molecule has 448 valence electrons. The van der Waals surface area contributed by atoms with E-state index in [1.54, 1.807) is 0 Å². The zero-order valence-electron chi connectivity index (χ0n) is 49.7. The van der Waals surface area contributed by atoms with Crippen molar-refractivity contribution >= 4 is 25.7 Å². The van der Waals surface area contributed by atoms with E-state index >= 15 is 0 Å². The lowest BCUT2D eigenvalue weighted by Gasteiger charge is -2.21. The van der Waals surface area contributed by atoms with E-state index in [0.29, 0.717) is 19.3 Å². The highest BCUT2D eigenvalue weighted by Gasteiger charge is 2.28. The van der Waals surface area contributed by atoms with Crippen LogP contribution in [0.3, 0.4) is 0 Å². The lowest BCUT2D eigenvalue weighted by Crippen LogP contribution is -2.30. The first kappa shape index (κ1) is 74.0. The molecule has 0 bridgehead atoms. The molecule has 76 heavy (non-hydrogen) atoms. The predicted molar refractivity (Wildman–Crippen MR) is 316 cm³/mol. The minimum atomic E-state index is -4.74. The first-order valence-electron chi connectivity index (χ1n) is 32.2. The van der Waals surface area contributed by atoms with Crippen molar-refractivity contribution in [1.82, 2.24) is 0 Å². The second-order valence-electron chi connectivity index (χ2n) is 21.9. The minimum Gasteiger partial charge on any atom is -0.462 e. The zero-order chi connectivity index (χ0) is 55.5. The largest absolute Gasteiger partial charge is 0.472 e. The number of hydrogen-bond acceptors (Lipinski definition) is 10. The number of phosphoric ester groups is 1. The van der Waals surface area contributed by atoms with E-state index in [1.165, 1.54) is 212 Å². The third kappa shape index (κ3) is 56.7. The lowest BCUT2D eigenvalue weighted by atomic mass is 10.1. The third-order valence-electron chi connectivity index (χ3n) is 14.3. The first-order valence-corrected chi connectivity index (χ1v) is 33.7. The molecular weight excluding hydrogens is 976 g/mol. The Balaban J connectivity index is 4.57. The Morgan fingerprint density at radius 3 is 0.908 bits per heavy atom. The van der Waals surface area contributed by atoms with E-state index in [2.05, 4.69) is 45.1 Å². The smallest absolute Gasteiger partial charge is 0.462 e. The van der Waals surface area contributed by atoms with Gasteiger partial charge in [-0.15, -0.1) is 0 Å². The highest BCUT2D eigenvalue weighted by Crippen LogP contribution is 2.43. The first-order chi connectivity index (χ1) is 37.2. The number of aliphatic hydroxyl groups excluding tert-OH is 1. The molecule has 0 amide bonds. The molecule has 0 fully saturated rings. The third-order valence-corrected chi connectivity index (χ3v) is 15.3. The molecule has 0 aromatic heterocycles. The normalized spacial score (nSPS) is 13.4. The highest BCUT2D eigenvalue weighted by atomic mass is 31.2. The molecule has 0 heterocycles. The Morgan fingerprint density at radius 2 is 0.605 bits per heavy atom. The van der Waals surface area contributed by atoms with Crippen molar-refractivity contribution in [3.05, 3.63) is 24.3 Å². The molecular formula is C64H121O11P. The number of aliphatic hydroxyl groups is 1. The van der Waals surface area contributed by atoms with Crippen molar-refractivity contribution < 1.29 is 52.2 Å². The van der Waals surface area contributed by atoms with E-state index < -0.39 is 57.8 Å². The molecule has 0 rings (SSSR count). The van der Waals surface area contributed by atoms with Gasteiger partial charge in [0.25, 0.3) is 0 Å². The average Bonchev–Trinajstić information content (AvgIpc) is 3.41. The molecule has 0 spiro atoms. The molecule has 3 atom stereocenters. The molecule has 3 unspecified atom stereocenters. The summed E-state index contributed by atoms with van der Waals surface area (Å²) in [6.07, 6.45) is 61.3. The number of carbonyl (C=O) groups is 3. The number of carbonyl (C=O) groups excluding carboxylic acids is 3. The fourth-order valence-electron chi connectivity index (χ4n) is 9.41. The summed E-state index contributed by atoms with van der Waals surface area (Å²) >= 11 is 0. The summed E-state index contributed by atoms with van der Waals surface area (Å²) in [6.45, 7) is 4.70. The SMILES string of the molecule is CCCCCCCC/C=C\CCCCCCCCCCCC(=O)OC(CO)COP(=O)(O)OCC(COC(=O)CCCCCCCCCCCCC)OC(=O)CCCCCCCCCCC/C=C\CCCCCCCC. The Kier molecular flexibility index (Phi) is 57.5. The van der Waals surface area contributed by atoms with Crippen LogP contribution >= 0.6 is 7.82 Å². The summed E-state index contributed by atoms with van der Waals surface area (Å²) < 4.78 is 39.7. The van der Waals surface area contributed by atoms with E-state index in [9.17, 15) is 28.9 Å². The molecule has 12 heteroatoms. The summed E-state index contributed by atoms with van der Waals surface area (Å²) in [7, 11) is -4.74. The van der Waals surface area contributed by atoms with Crippen LogP contribution in [0.2, 0.25) is 0 Å². The predicted octanol–water partition coefficient (Wildman–Crippen LogP) is 19.4. The molecule has 0 saturated heterocycles. The van der Waals surface area contributed by atoms with Crippen LogP contribution in [0.4, 0.5) is 0 Å². The van der Waals surface area contributed by atoms with Crippen LogP contribution in [0.1, 0.15) is 329 Å². The maximum Gasteiger partial charge on any atom is 0.472 e. The molecule has 11 nitrogen and oxygen atoms in total. The second-order valence-corrected chi connectivity index (χ2v) is 23.4. The topological polar surface area (TPSA) is 155 Å². The second kappa shape index (κ2) is 59.1. The summed E-state index contributed by atoms with van der Waals surface area (Å²) in [5.41, 5.74) is 0. The van der Waals surface area contributed by atoms with Gasteiger partial charge in [-0.2, -0.15) is 0 Å². The van der Waals surface area contributed by atoms with Gasteiger partial charge in [0.2, 0.25) is 0 Å². The minimum absolute atomic E-state index is 0.171. The van der Waals surface area contributed by atoms with Crippen LogP contribution < -0.4 is 0 Å². The summed E-state index contributed by atoms with van der Waals surface area (Å²) in [5, 5.41) is 9.85. The molecule has 2 N–H and O–H groups in total. The quantitative estimate of drug-likeness (QED) is 0.0197. The van der Waals surface area contributed by atoms with E-state index in [-0.39, 0.29) is 25.9 Å². The Labute approximate surface area is 468 Å². The van der Waals surface area contributed by atoms with Crippen LogP contribution in [0, 0.1) is 0 Å². The summed E-state index contributed by atoms with van der Waals surface area (Å²) in [4.78, 5) is 48.7. The Morgan fingerprint density at radius 1 is 0.355 bits per heavy atom. The van der Waals surface area contributed by atoms with Gasteiger partial charge < -0.3 is 24.2 Å². The number of unbranched alkanes of at least 4 members (excludes halogenated alkanes) is 40. The van der Waals surface area contributed by atoms with E-state index in [1.807, 2.05) is 0 Å². The van der Waals surface area contributed by atoms with Gasteiger partial charge >= 0.3 is 25.7 Å². The number of rotatable bonds is 61. The number of ether oxygens (including phenoxy) is 3. The van der Waals surface area contributed by atoms with Crippen LogP contribution in [0.25, 0.3) is 0 Å². The van der Waals surface area contributed by atoms with E-state index in [4.69, 9.17) is 23.3 Å². The van der Waals surface area contributed by atoms with E-state index in [0.717, 1.165) is 57.8 Å². The van der Waals surface area contributed by atoms with Crippen molar-refractivity contribution in [3.8, 4) is 0 Å². The summed E-state index contributed by atoms with van der Waals surface area (Å²) in [6, 6.07) is 0. The van der Waals surface area contributed by atoms with Crippen LogP contribution in [-0.2, 0) is 42.2 Å². The number of esters is 3. The van der Waals surface area contributed by atoms with Gasteiger partial charge in [-0.25, -0.2) is 4.57 Å². The van der Waals surface area contributed by atoms with Crippen molar-refractivity contribution in [3.63, 3.8) is 0 Å². The van der Waals surface area contributed by atoms with Gasteiger partial charge in [0.1, 0.15) is 12.7 Å². The molecule has 0 aliphatic rings. The number of allylic oxidation sites excluding steroid dienone is 4. The molecule has 0 aromatic rings. The van der Waals surface area contributed by atoms with Gasteiger partial charge in [0, 0.05) is 19.3 Å². The standard InChI is InChI=1S/C64H121O11P/c1-4-7-10-13-16-19-22-24-26-28-30-32-34-36-39-42-45-48-51-54-63(67)74-60(56-65)58-72-76(69,70)73-59-61(57-71-62(66)53-50-47-44-41-38-21-18-15-12-9-6-3)75-64(68)55-52-49-46-43-40-37-35-33-31-29-27-25-23-20-17-14-11-8-5-2/h24-27,60-61,65H,4-23,28-59H2,1-3H3,(H,69,70)/b26-24-,27-25-. The Bertz CT molecular complexity index is 1370. The monoisotopic (exact) mass is 1100 g/mol. The zero-order valence-corrected chi connectivity index (χ0v) is 50.6. The van der Waals surface area contributed by atoms with Crippen LogP contribution in [0.5, 0.6) is 0 Å². The van der Waals surface area contributed by atoms with Gasteiger partial charge in [-0.05, 0) is 70.6 Å². The summed E-state index contributed by atoms with van der Waals surface area (Å²) in [5.74, 6) is -1.44. The number of hydrogen-bond donors (Lipinski definition) is 2. The van der Waals surface area contributed by atoms with Crippen LogP contribution in [-0.4, -0.2) is 66.5 Å². The fraction of sp³-hybridized carbons (Fsp3) is 0.891. The van der Waals surface area contributed by atoms with Gasteiger partial charge in [0.15, 0.2) is 6.10 Å².